The first-order valence-electron chi connectivity index (χ1n) is 4.76. The van der Waals surface area contributed by atoms with Crippen molar-refractivity contribution in [2.75, 3.05) is 37.7 Å². The van der Waals surface area contributed by atoms with E-state index in [1.54, 1.807) is 0 Å². The number of rotatable bonds is 2. The van der Waals surface area contributed by atoms with Crippen LogP contribution in [0.4, 0.5) is 0 Å². The maximum absolute atomic E-state index is 5.24. The Morgan fingerprint density at radius 3 is 3.17 bits per heavy atom. The molecule has 0 aromatic carbocycles. The summed E-state index contributed by atoms with van der Waals surface area (Å²) in [5, 5.41) is 0. The summed E-state index contributed by atoms with van der Waals surface area (Å²) in [4.78, 5) is 2.56. The standard InChI is InChI=1S/C9H17NOS/c1-8-4-10(2-3-12-7-8)5-9-6-11-9/h8-9H,2-7H2,1H3/t8?,9-/m0/s1. The third-order valence-electron chi connectivity index (χ3n) is 2.39. The van der Waals surface area contributed by atoms with Gasteiger partial charge < -0.3 is 4.74 Å². The van der Waals surface area contributed by atoms with Crippen molar-refractivity contribution in [1.82, 2.24) is 4.90 Å². The fraction of sp³-hybridized carbons (Fsp3) is 1.00. The minimum absolute atomic E-state index is 0.570. The molecule has 2 aliphatic rings. The van der Waals surface area contributed by atoms with Crippen molar-refractivity contribution in [3.63, 3.8) is 0 Å². The molecule has 2 atom stereocenters. The molecule has 0 bridgehead atoms. The highest BCUT2D eigenvalue weighted by Gasteiger charge is 2.26. The Balaban J connectivity index is 1.77. The van der Waals surface area contributed by atoms with E-state index in [0.717, 1.165) is 12.5 Å². The lowest BCUT2D eigenvalue weighted by Crippen LogP contribution is -2.32. The van der Waals surface area contributed by atoms with Crippen LogP contribution in [0.3, 0.4) is 0 Å². The minimum Gasteiger partial charge on any atom is -0.372 e. The zero-order valence-corrected chi connectivity index (χ0v) is 8.48. The molecule has 0 aliphatic carbocycles. The van der Waals surface area contributed by atoms with Gasteiger partial charge in [0.1, 0.15) is 0 Å². The number of thioether (sulfide) groups is 1. The number of epoxide rings is 1. The van der Waals surface area contributed by atoms with Gasteiger partial charge in [-0.2, -0.15) is 11.8 Å². The van der Waals surface area contributed by atoms with Crippen LogP contribution in [0.2, 0.25) is 0 Å². The summed E-state index contributed by atoms with van der Waals surface area (Å²) in [7, 11) is 0. The minimum atomic E-state index is 0.570. The Kier molecular flexibility index (Phi) is 2.94. The maximum Gasteiger partial charge on any atom is 0.0936 e. The van der Waals surface area contributed by atoms with Crippen LogP contribution in [-0.2, 0) is 4.74 Å². The van der Waals surface area contributed by atoms with Gasteiger partial charge in [0.2, 0.25) is 0 Å². The van der Waals surface area contributed by atoms with Crippen molar-refractivity contribution in [3.05, 3.63) is 0 Å². The molecule has 3 heteroatoms. The summed E-state index contributed by atoms with van der Waals surface area (Å²) in [6.07, 6.45) is 0.570. The molecule has 0 amide bonds. The van der Waals surface area contributed by atoms with Gasteiger partial charge in [-0.05, 0) is 11.7 Å². The van der Waals surface area contributed by atoms with Crippen LogP contribution in [-0.4, -0.2) is 48.8 Å². The van der Waals surface area contributed by atoms with E-state index < -0.39 is 0 Å². The second kappa shape index (κ2) is 3.99. The third kappa shape index (κ3) is 2.64. The van der Waals surface area contributed by atoms with Gasteiger partial charge in [-0.1, -0.05) is 6.92 Å². The van der Waals surface area contributed by atoms with Crippen LogP contribution >= 0.6 is 11.8 Å². The lowest BCUT2D eigenvalue weighted by Gasteiger charge is -2.20. The van der Waals surface area contributed by atoms with Gasteiger partial charge in [-0.25, -0.2) is 0 Å². The first kappa shape index (κ1) is 8.85. The SMILES string of the molecule is CC1CSCCN(C[C@H]2CO2)C1. The summed E-state index contributed by atoms with van der Waals surface area (Å²) in [6, 6.07) is 0. The maximum atomic E-state index is 5.24. The number of nitrogens with zero attached hydrogens (tertiary/aromatic N) is 1. The molecule has 2 rings (SSSR count). The van der Waals surface area contributed by atoms with Crippen LogP contribution in [0, 0.1) is 5.92 Å². The molecule has 0 aromatic heterocycles. The van der Waals surface area contributed by atoms with Gasteiger partial charge in [-0.15, -0.1) is 0 Å². The first-order valence-corrected chi connectivity index (χ1v) is 5.92. The van der Waals surface area contributed by atoms with Crippen LogP contribution in [0.5, 0.6) is 0 Å². The Hall–Kier alpha value is 0.270. The van der Waals surface area contributed by atoms with E-state index in [2.05, 4.69) is 23.6 Å². The van der Waals surface area contributed by atoms with Crippen molar-refractivity contribution in [1.29, 1.82) is 0 Å². The average molecular weight is 187 g/mol. The van der Waals surface area contributed by atoms with E-state index in [9.17, 15) is 0 Å². The Bertz CT molecular complexity index is 149. The van der Waals surface area contributed by atoms with Gasteiger partial charge in [0.25, 0.3) is 0 Å². The fourth-order valence-corrected chi connectivity index (χ4v) is 2.75. The van der Waals surface area contributed by atoms with Crippen molar-refractivity contribution in [2.24, 2.45) is 5.92 Å². The van der Waals surface area contributed by atoms with Crippen LogP contribution in [0.25, 0.3) is 0 Å². The highest BCUT2D eigenvalue weighted by Crippen LogP contribution is 2.18. The quantitative estimate of drug-likeness (QED) is 0.601. The number of ether oxygens (including phenoxy) is 1. The Morgan fingerprint density at radius 1 is 1.58 bits per heavy atom. The molecule has 0 radical (unpaired) electrons. The Labute approximate surface area is 78.6 Å². The van der Waals surface area contributed by atoms with Crippen molar-refractivity contribution in [3.8, 4) is 0 Å². The van der Waals surface area contributed by atoms with Crippen molar-refractivity contribution >= 4 is 11.8 Å². The molecule has 0 spiro atoms. The third-order valence-corrected chi connectivity index (χ3v) is 3.66. The summed E-state index contributed by atoms with van der Waals surface area (Å²) in [5.74, 6) is 3.50. The molecular weight excluding hydrogens is 170 g/mol. The smallest absolute Gasteiger partial charge is 0.0936 e. The highest BCUT2D eigenvalue weighted by molar-refractivity contribution is 7.99. The molecule has 2 aliphatic heterocycles. The molecular formula is C9H17NOS. The average Bonchev–Trinajstić information content (AvgIpc) is 2.80. The molecule has 1 unspecified atom stereocenters. The molecule has 2 fully saturated rings. The van der Waals surface area contributed by atoms with E-state index >= 15 is 0 Å². The van der Waals surface area contributed by atoms with Gasteiger partial charge in [-0.3, -0.25) is 4.90 Å². The van der Waals surface area contributed by atoms with E-state index in [0.29, 0.717) is 6.10 Å². The van der Waals surface area contributed by atoms with Crippen molar-refractivity contribution in [2.45, 2.75) is 13.0 Å². The summed E-state index contributed by atoms with van der Waals surface area (Å²) in [6.45, 7) is 7.05. The van der Waals surface area contributed by atoms with Crippen LogP contribution in [0.15, 0.2) is 0 Å². The highest BCUT2D eigenvalue weighted by atomic mass is 32.2. The number of hydrogen-bond acceptors (Lipinski definition) is 3. The van der Waals surface area contributed by atoms with Crippen LogP contribution < -0.4 is 0 Å². The molecule has 70 valence electrons. The molecule has 0 saturated carbocycles. The van der Waals surface area contributed by atoms with E-state index in [1.165, 1.54) is 31.1 Å². The largest absolute Gasteiger partial charge is 0.372 e. The molecule has 0 aromatic rings. The predicted octanol–water partition coefficient (Wildman–Crippen LogP) is 1.07. The number of hydrogen-bond donors (Lipinski definition) is 0. The molecule has 0 N–H and O–H groups in total. The molecule has 12 heavy (non-hydrogen) atoms. The van der Waals surface area contributed by atoms with E-state index in [-0.39, 0.29) is 0 Å². The molecule has 2 heterocycles. The Morgan fingerprint density at radius 2 is 2.42 bits per heavy atom. The lowest BCUT2D eigenvalue weighted by molar-refractivity contribution is 0.236. The predicted molar refractivity (Wildman–Crippen MR) is 52.7 cm³/mol. The fourth-order valence-electron chi connectivity index (χ4n) is 1.69. The van der Waals surface area contributed by atoms with Crippen LogP contribution in [0.1, 0.15) is 6.92 Å². The normalized spacial score (nSPS) is 37.8. The van der Waals surface area contributed by atoms with Crippen molar-refractivity contribution < 1.29 is 4.74 Å². The van der Waals surface area contributed by atoms with Gasteiger partial charge in [0.15, 0.2) is 0 Å². The topological polar surface area (TPSA) is 15.8 Å². The first-order chi connectivity index (χ1) is 5.84. The summed E-state index contributed by atoms with van der Waals surface area (Å²) in [5.41, 5.74) is 0. The summed E-state index contributed by atoms with van der Waals surface area (Å²) >= 11 is 2.09. The lowest BCUT2D eigenvalue weighted by atomic mass is 10.2. The zero-order chi connectivity index (χ0) is 8.39. The van der Waals surface area contributed by atoms with E-state index in [1.807, 2.05) is 0 Å². The van der Waals surface area contributed by atoms with Gasteiger partial charge >= 0.3 is 0 Å². The van der Waals surface area contributed by atoms with E-state index in [4.69, 9.17) is 4.74 Å². The second-order valence-corrected chi connectivity index (χ2v) is 5.04. The van der Waals surface area contributed by atoms with Gasteiger partial charge in [0.05, 0.1) is 12.7 Å². The second-order valence-electron chi connectivity index (χ2n) is 3.90. The monoisotopic (exact) mass is 187 g/mol. The molecule has 2 nitrogen and oxygen atoms in total. The van der Waals surface area contributed by atoms with Gasteiger partial charge in [0, 0.05) is 25.4 Å². The zero-order valence-electron chi connectivity index (χ0n) is 7.66. The summed E-state index contributed by atoms with van der Waals surface area (Å²) < 4.78 is 5.24. The molecule has 2 saturated heterocycles.